The van der Waals surface area contributed by atoms with Gasteiger partial charge in [0, 0.05) is 5.56 Å². The zero-order valence-corrected chi connectivity index (χ0v) is 11.4. The summed E-state index contributed by atoms with van der Waals surface area (Å²) in [7, 11) is 0. The number of carbonyl (C=O) groups is 1. The van der Waals surface area contributed by atoms with Crippen LogP contribution >= 0.6 is 0 Å². The van der Waals surface area contributed by atoms with Gasteiger partial charge in [0.25, 0.3) is 0 Å². The van der Waals surface area contributed by atoms with E-state index in [1.807, 2.05) is 6.92 Å². The molecule has 1 unspecified atom stereocenters. The van der Waals surface area contributed by atoms with Crippen molar-refractivity contribution in [3.05, 3.63) is 35.4 Å². The molecule has 0 aliphatic carbocycles. The average molecular weight is 285 g/mol. The third kappa shape index (κ3) is 2.87. The minimum Gasteiger partial charge on any atom is -0.305 e. The normalized spacial score (nSPS) is 23.0. The Morgan fingerprint density at radius 1 is 1.30 bits per heavy atom. The molecule has 2 rings (SSSR count). The number of halogens is 3. The summed E-state index contributed by atoms with van der Waals surface area (Å²) in [4.78, 5) is 12.6. The van der Waals surface area contributed by atoms with Crippen molar-refractivity contribution in [2.75, 3.05) is 6.54 Å². The molecule has 0 radical (unpaired) electrons. The third-order valence-electron chi connectivity index (χ3n) is 3.83. The Hall–Kier alpha value is -1.36. The van der Waals surface area contributed by atoms with Gasteiger partial charge in [-0.15, -0.1) is 0 Å². The van der Waals surface area contributed by atoms with Crippen molar-refractivity contribution in [1.29, 1.82) is 0 Å². The van der Waals surface area contributed by atoms with Crippen molar-refractivity contribution in [1.82, 2.24) is 5.32 Å². The number of benzene rings is 1. The zero-order valence-electron chi connectivity index (χ0n) is 11.4. The number of rotatable bonds is 4. The van der Waals surface area contributed by atoms with Crippen LogP contribution < -0.4 is 5.32 Å². The highest BCUT2D eigenvalue weighted by atomic mass is 19.4. The van der Waals surface area contributed by atoms with Crippen LogP contribution in [0.2, 0.25) is 0 Å². The maximum Gasteiger partial charge on any atom is 0.416 e. The summed E-state index contributed by atoms with van der Waals surface area (Å²) in [5, 5.41) is 3.24. The van der Waals surface area contributed by atoms with Gasteiger partial charge in [0.05, 0.1) is 11.1 Å². The van der Waals surface area contributed by atoms with Gasteiger partial charge in [-0.25, -0.2) is 0 Å². The molecule has 1 fully saturated rings. The Morgan fingerprint density at radius 3 is 2.40 bits per heavy atom. The first-order valence-electron chi connectivity index (χ1n) is 6.86. The van der Waals surface area contributed by atoms with Gasteiger partial charge in [0.15, 0.2) is 5.78 Å². The van der Waals surface area contributed by atoms with Crippen LogP contribution in [-0.2, 0) is 6.18 Å². The second-order valence-corrected chi connectivity index (χ2v) is 5.27. The minimum atomic E-state index is -4.37. The summed E-state index contributed by atoms with van der Waals surface area (Å²) in [6.45, 7) is 2.79. The number of hydrogen-bond donors (Lipinski definition) is 1. The molecule has 0 bridgehead atoms. The predicted octanol–water partition coefficient (Wildman–Crippen LogP) is 3.81. The van der Waals surface area contributed by atoms with Crippen molar-refractivity contribution in [3.8, 4) is 0 Å². The number of carbonyl (C=O) groups excluding carboxylic acids is 1. The summed E-state index contributed by atoms with van der Waals surface area (Å²) in [5.74, 6) is -0.0921. The summed E-state index contributed by atoms with van der Waals surface area (Å²) < 4.78 is 37.6. The number of ketones is 1. The summed E-state index contributed by atoms with van der Waals surface area (Å²) in [6, 6.07) is 4.51. The molecule has 1 aromatic carbocycles. The Balaban J connectivity index is 2.24. The van der Waals surface area contributed by atoms with E-state index in [1.54, 1.807) is 0 Å². The van der Waals surface area contributed by atoms with E-state index in [0.29, 0.717) is 12.0 Å². The van der Waals surface area contributed by atoms with Gasteiger partial charge in [-0.2, -0.15) is 13.2 Å². The van der Waals surface area contributed by atoms with Gasteiger partial charge in [-0.05, 0) is 37.9 Å². The van der Waals surface area contributed by atoms with E-state index in [2.05, 4.69) is 5.32 Å². The molecule has 110 valence electrons. The minimum absolute atomic E-state index is 0.0921. The Labute approximate surface area is 116 Å². The summed E-state index contributed by atoms with van der Waals surface area (Å²) in [6.07, 6.45) is -1.12. The Bertz CT molecular complexity index is 473. The van der Waals surface area contributed by atoms with E-state index in [0.717, 1.165) is 37.9 Å². The largest absolute Gasteiger partial charge is 0.416 e. The monoisotopic (exact) mass is 285 g/mol. The maximum absolute atomic E-state index is 12.6. The summed E-state index contributed by atoms with van der Waals surface area (Å²) in [5.41, 5.74) is -0.965. The molecule has 1 aliphatic rings. The molecule has 1 atom stereocenters. The van der Waals surface area contributed by atoms with Gasteiger partial charge in [-0.3, -0.25) is 4.79 Å². The standard InChI is InChI=1S/C15H18F3NO/c1-2-8-14(9-3-10-19-14)13(20)11-4-6-12(7-5-11)15(16,17)18/h4-7,19H,2-3,8-10H2,1H3. The van der Waals surface area contributed by atoms with Crippen LogP contribution in [0.4, 0.5) is 13.2 Å². The number of hydrogen-bond acceptors (Lipinski definition) is 2. The van der Waals surface area contributed by atoms with Gasteiger partial charge in [-0.1, -0.05) is 25.5 Å². The molecule has 0 aromatic heterocycles. The van der Waals surface area contributed by atoms with Crippen molar-refractivity contribution in [2.45, 2.75) is 44.3 Å². The molecule has 0 spiro atoms. The second-order valence-electron chi connectivity index (χ2n) is 5.27. The molecular weight excluding hydrogens is 267 g/mol. The first-order chi connectivity index (χ1) is 9.39. The van der Waals surface area contributed by atoms with E-state index in [1.165, 1.54) is 12.1 Å². The van der Waals surface area contributed by atoms with Crippen LogP contribution in [0.5, 0.6) is 0 Å². The Morgan fingerprint density at radius 2 is 1.95 bits per heavy atom. The smallest absolute Gasteiger partial charge is 0.305 e. The number of Topliss-reactive ketones (excluding diaryl/α,β-unsaturated/α-hetero) is 1. The highest BCUT2D eigenvalue weighted by Crippen LogP contribution is 2.32. The quantitative estimate of drug-likeness (QED) is 0.852. The molecule has 1 aliphatic heterocycles. The fraction of sp³-hybridized carbons (Fsp3) is 0.533. The third-order valence-corrected chi connectivity index (χ3v) is 3.83. The van der Waals surface area contributed by atoms with Crippen LogP contribution in [0.25, 0.3) is 0 Å². The lowest BCUT2D eigenvalue weighted by molar-refractivity contribution is -0.137. The van der Waals surface area contributed by atoms with E-state index < -0.39 is 17.3 Å². The van der Waals surface area contributed by atoms with Crippen LogP contribution in [0.1, 0.15) is 48.5 Å². The number of alkyl halides is 3. The average Bonchev–Trinajstić information content (AvgIpc) is 2.87. The molecule has 2 nitrogen and oxygen atoms in total. The maximum atomic E-state index is 12.6. The highest BCUT2D eigenvalue weighted by Gasteiger charge is 2.40. The Kier molecular flexibility index (Phi) is 4.18. The molecular formula is C15H18F3NO. The molecule has 1 heterocycles. The van der Waals surface area contributed by atoms with Crippen LogP contribution in [0.3, 0.4) is 0 Å². The molecule has 0 saturated carbocycles. The lowest BCUT2D eigenvalue weighted by Gasteiger charge is -2.27. The van der Waals surface area contributed by atoms with Gasteiger partial charge < -0.3 is 5.32 Å². The van der Waals surface area contributed by atoms with Crippen molar-refractivity contribution < 1.29 is 18.0 Å². The number of nitrogens with one attached hydrogen (secondary N) is 1. The van der Waals surface area contributed by atoms with Crippen LogP contribution in [-0.4, -0.2) is 17.9 Å². The fourth-order valence-electron chi connectivity index (χ4n) is 2.84. The predicted molar refractivity (Wildman–Crippen MR) is 70.7 cm³/mol. The lowest BCUT2D eigenvalue weighted by atomic mass is 9.84. The molecule has 1 aromatic rings. The topological polar surface area (TPSA) is 29.1 Å². The zero-order chi connectivity index (χ0) is 14.8. The van der Waals surface area contributed by atoms with E-state index >= 15 is 0 Å². The lowest BCUT2D eigenvalue weighted by Crippen LogP contribution is -2.47. The van der Waals surface area contributed by atoms with Crippen LogP contribution in [0.15, 0.2) is 24.3 Å². The fourth-order valence-corrected chi connectivity index (χ4v) is 2.84. The molecule has 0 amide bonds. The van der Waals surface area contributed by atoms with Gasteiger partial charge >= 0.3 is 6.18 Å². The van der Waals surface area contributed by atoms with Gasteiger partial charge in [0.2, 0.25) is 0 Å². The molecule has 5 heteroatoms. The van der Waals surface area contributed by atoms with Crippen molar-refractivity contribution in [3.63, 3.8) is 0 Å². The molecule has 1 saturated heterocycles. The molecule has 20 heavy (non-hydrogen) atoms. The van der Waals surface area contributed by atoms with E-state index in [-0.39, 0.29) is 5.78 Å². The SMILES string of the molecule is CCCC1(C(=O)c2ccc(C(F)(F)F)cc2)CCCN1. The first kappa shape index (κ1) is 15.0. The first-order valence-corrected chi connectivity index (χ1v) is 6.86. The summed E-state index contributed by atoms with van der Waals surface area (Å²) >= 11 is 0. The van der Waals surface area contributed by atoms with Gasteiger partial charge in [0.1, 0.15) is 0 Å². The van der Waals surface area contributed by atoms with E-state index in [9.17, 15) is 18.0 Å². The molecule has 1 N–H and O–H groups in total. The second kappa shape index (κ2) is 5.56. The van der Waals surface area contributed by atoms with E-state index in [4.69, 9.17) is 0 Å². The van der Waals surface area contributed by atoms with Crippen molar-refractivity contribution >= 4 is 5.78 Å². The van der Waals surface area contributed by atoms with Crippen LogP contribution in [0, 0.1) is 0 Å². The highest BCUT2D eigenvalue weighted by molar-refractivity contribution is 6.03. The van der Waals surface area contributed by atoms with Crippen molar-refractivity contribution in [2.24, 2.45) is 0 Å².